The normalized spacial score (nSPS) is 11.9. The number of hydrogen-bond donors (Lipinski definition) is 0. The molecule has 0 saturated heterocycles. The lowest BCUT2D eigenvalue weighted by molar-refractivity contribution is -0.274. The molecule has 3 nitrogen and oxygen atoms in total. The number of carbonyl (C=O) groups excluding carboxylic acids is 1. The minimum Gasteiger partial charge on any atom is -0.457 e. The van der Waals surface area contributed by atoms with Crippen molar-refractivity contribution in [1.29, 1.82) is 0 Å². The molecule has 0 aromatic heterocycles. The van der Waals surface area contributed by atoms with Crippen LogP contribution in [0.5, 0.6) is 17.2 Å². The smallest absolute Gasteiger partial charge is 0.457 e. The molecule has 0 aliphatic heterocycles. The Hall–Kier alpha value is -2.71. The largest absolute Gasteiger partial charge is 0.573 e. The Bertz CT molecular complexity index is 719. The number of carbonyl (C=O) groups is 1. The van der Waals surface area contributed by atoms with Crippen molar-refractivity contribution < 1.29 is 40.6 Å². The van der Waals surface area contributed by atoms with E-state index in [0.29, 0.717) is 12.4 Å². The number of halogens is 6. The van der Waals surface area contributed by atoms with E-state index >= 15 is 0 Å². The summed E-state index contributed by atoms with van der Waals surface area (Å²) in [6.07, 6.45) is -9.20. The lowest BCUT2D eigenvalue weighted by Gasteiger charge is -2.13. The highest BCUT2D eigenvalue weighted by Gasteiger charge is 2.32. The molecular weight excluding hydrogens is 342 g/mol. The SMILES string of the molecule is O=Cc1ccc(C(F)(F)F)cc1Oc1ccc(OC(F)(F)F)cc1. The van der Waals surface area contributed by atoms with E-state index < -0.39 is 23.9 Å². The quantitative estimate of drug-likeness (QED) is 0.561. The van der Waals surface area contributed by atoms with Crippen molar-refractivity contribution in [3.63, 3.8) is 0 Å². The van der Waals surface area contributed by atoms with Crippen molar-refractivity contribution in [3.05, 3.63) is 53.6 Å². The van der Waals surface area contributed by atoms with Gasteiger partial charge >= 0.3 is 12.5 Å². The van der Waals surface area contributed by atoms with Gasteiger partial charge in [0.05, 0.1) is 11.1 Å². The van der Waals surface area contributed by atoms with Gasteiger partial charge in [-0.3, -0.25) is 4.79 Å². The first-order valence-corrected chi connectivity index (χ1v) is 6.28. The van der Waals surface area contributed by atoms with E-state index in [0.717, 1.165) is 36.4 Å². The number of benzene rings is 2. The van der Waals surface area contributed by atoms with Crippen molar-refractivity contribution in [2.75, 3.05) is 0 Å². The fraction of sp³-hybridized carbons (Fsp3) is 0.133. The average Bonchev–Trinajstić information content (AvgIpc) is 2.47. The third-order valence-electron chi connectivity index (χ3n) is 2.75. The van der Waals surface area contributed by atoms with Gasteiger partial charge in [0.1, 0.15) is 17.2 Å². The molecule has 0 fully saturated rings. The lowest BCUT2D eigenvalue weighted by Crippen LogP contribution is -2.16. The van der Waals surface area contributed by atoms with E-state index in [-0.39, 0.29) is 17.1 Å². The second kappa shape index (κ2) is 6.42. The van der Waals surface area contributed by atoms with Gasteiger partial charge in [0, 0.05) is 0 Å². The zero-order valence-electron chi connectivity index (χ0n) is 11.6. The van der Waals surface area contributed by atoms with E-state index in [4.69, 9.17) is 4.74 Å². The molecule has 128 valence electrons. The molecule has 0 saturated carbocycles. The molecule has 0 amide bonds. The molecule has 0 spiro atoms. The molecule has 2 rings (SSSR count). The summed E-state index contributed by atoms with van der Waals surface area (Å²) in [5, 5.41) is 0. The maximum Gasteiger partial charge on any atom is 0.573 e. The predicted molar refractivity (Wildman–Crippen MR) is 70.0 cm³/mol. The highest BCUT2D eigenvalue weighted by Crippen LogP contribution is 2.35. The first-order chi connectivity index (χ1) is 11.1. The molecule has 0 heterocycles. The molecule has 0 aliphatic rings. The van der Waals surface area contributed by atoms with Crippen LogP contribution in [0.1, 0.15) is 15.9 Å². The van der Waals surface area contributed by atoms with Gasteiger partial charge < -0.3 is 9.47 Å². The first-order valence-electron chi connectivity index (χ1n) is 6.28. The summed E-state index contributed by atoms with van der Waals surface area (Å²) < 4.78 is 83.0. The fourth-order valence-corrected chi connectivity index (χ4v) is 1.73. The molecule has 0 aliphatic carbocycles. The molecule has 0 unspecified atom stereocenters. The summed E-state index contributed by atoms with van der Waals surface area (Å²) in [6.45, 7) is 0. The Morgan fingerprint density at radius 3 is 1.92 bits per heavy atom. The van der Waals surface area contributed by atoms with Crippen LogP contribution in [0.4, 0.5) is 26.3 Å². The van der Waals surface area contributed by atoms with E-state index in [1.165, 1.54) is 0 Å². The summed E-state index contributed by atoms with van der Waals surface area (Å²) in [7, 11) is 0. The minimum absolute atomic E-state index is 0.0630. The molecule has 2 aromatic carbocycles. The zero-order chi connectivity index (χ0) is 18.0. The second-order valence-corrected chi connectivity index (χ2v) is 4.49. The van der Waals surface area contributed by atoms with Crippen LogP contribution < -0.4 is 9.47 Å². The van der Waals surface area contributed by atoms with Crippen molar-refractivity contribution in [2.24, 2.45) is 0 Å². The standard InChI is InChI=1S/C15H8F6O3/c16-14(17,18)10-2-1-9(8-22)13(7-10)23-11-3-5-12(6-4-11)24-15(19,20)21/h1-8H. The Morgan fingerprint density at radius 1 is 0.833 bits per heavy atom. The van der Waals surface area contributed by atoms with Crippen LogP contribution in [-0.2, 0) is 6.18 Å². The van der Waals surface area contributed by atoms with Crippen LogP contribution in [0, 0.1) is 0 Å². The van der Waals surface area contributed by atoms with Gasteiger partial charge in [0.15, 0.2) is 6.29 Å². The Morgan fingerprint density at radius 2 is 1.42 bits per heavy atom. The number of aldehydes is 1. The van der Waals surface area contributed by atoms with Gasteiger partial charge in [-0.15, -0.1) is 13.2 Å². The van der Waals surface area contributed by atoms with Crippen LogP contribution in [-0.4, -0.2) is 12.6 Å². The van der Waals surface area contributed by atoms with Crippen molar-refractivity contribution >= 4 is 6.29 Å². The lowest BCUT2D eigenvalue weighted by atomic mass is 10.1. The monoisotopic (exact) mass is 350 g/mol. The Kier molecular flexibility index (Phi) is 4.72. The number of hydrogen-bond acceptors (Lipinski definition) is 3. The van der Waals surface area contributed by atoms with Crippen LogP contribution >= 0.6 is 0 Å². The topological polar surface area (TPSA) is 35.5 Å². The zero-order valence-corrected chi connectivity index (χ0v) is 11.6. The number of ether oxygens (including phenoxy) is 2. The van der Waals surface area contributed by atoms with Gasteiger partial charge in [-0.05, 0) is 42.5 Å². The third kappa shape index (κ3) is 4.64. The molecule has 0 bridgehead atoms. The van der Waals surface area contributed by atoms with Gasteiger partial charge in [-0.2, -0.15) is 13.2 Å². The van der Waals surface area contributed by atoms with Gasteiger partial charge in [0.25, 0.3) is 0 Å². The summed E-state index contributed by atoms with van der Waals surface area (Å²) in [6, 6.07) is 6.27. The molecule has 0 radical (unpaired) electrons. The van der Waals surface area contributed by atoms with Crippen molar-refractivity contribution in [2.45, 2.75) is 12.5 Å². The van der Waals surface area contributed by atoms with Crippen molar-refractivity contribution in [3.8, 4) is 17.2 Å². The third-order valence-corrected chi connectivity index (χ3v) is 2.75. The van der Waals surface area contributed by atoms with Crippen LogP contribution in [0.2, 0.25) is 0 Å². The molecule has 0 atom stereocenters. The highest BCUT2D eigenvalue weighted by molar-refractivity contribution is 5.79. The highest BCUT2D eigenvalue weighted by atomic mass is 19.4. The molecule has 24 heavy (non-hydrogen) atoms. The maximum absolute atomic E-state index is 12.7. The predicted octanol–water partition coefficient (Wildman–Crippen LogP) is 5.21. The van der Waals surface area contributed by atoms with Crippen molar-refractivity contribution in [1.82, 2.24) is 0 Å². The van der Waals surface area contributed by atoms with E-state index in [2.05, 4.69) is 4.74 Å². The summed E-state index contributed by atoms with van der Waals surface area (Å²) in [5.74, 6) is -0.953. The van der Waals surface area contributed by atoms with E-state index in [1.54, 1.807) is 0 Å². The van der Waals surface area contributed by atoms with Crippen LogP contribution in [0.15, 0.2) is 42.5 Å². The molecule has 2 aromatic rings. The minimum atomic E-state index is -4.87. The average molecular weight is 350 g/mol. The van der Waals surface area contributed by atoms with Crippen LogP contribution in [0.25, 0.3) is 0 Å². The fourth-order valence-electron chi connectivity index (χ4n) is 1.73. The van der Waals surface area contributed by atoms with Gasteiger partial charge in [0.2, 0.25) is 0 Å². The Labute approximate surface area is 131 Å². The summed E-state index contributed by atoms with van der Waals surface area (Å²) in [5.41, 5.74) is -1.17. The summed E-state index contributed by atoms with van der Waals surface area (Å²) >= 11 is 0. The molecular formula is C15H8F6O3. The first kappa shape index (κ1) is 17.6. The van der Waals surface area contributed by atoms with E-state index in [1.807, 2.05) is 0 Å². The second-order valence-electron chi connectivity index (χ2n) is 4.49. The van der Waals surface area contributed by atoms with E-state index in [9.17, 15) is 31.1 Å². The molecule has 0 N–H and O–H groups in total. The van der Waals surface area contributed by atoms with Gasteiger partial charge in [-0.25, -0.2) is 0 Å². The van der Waals surface area contributed by atoms with Gasteiger partial charge in [-0.1, -0.05) is 0 Å². The molecule has 9 heteroatoms. The maximum atomic E-state index is 12.7. The van der Waals surface area contributed by atoms with Crippen LogP contribution in [0.3, 0.4) is 0 Å². The Balaban J connectivity index is 2.25. The number of alkyl halides is 6. The summed E-state index contributed by atoms with van der Waals surface area (Å²) in [4.78, 5) is 10.9. The number of rotatable bonds is 4.